The lowest BCUT2D eigenvalue weighted by Gasteiger charge is -2.72. The van der Waals surface area contributed by atoms with Crippen LogP contribution >= 0.6 is 0 Å². The quantitative estimate of drug-likeness (QED) is 0.465. The second kappa shape index (κ2) is 5.76. The minimum absolute atomic E-state index is 0.0284. The summed E-state index contributed by atoms with van der Waals surface area (Å²) in [5.74, 6) is 1.07. The predicted molar refractivity (Wildman–Crippen MR) is 114 cm³/mol. The molecule has 1 aliphatic heterocycles. The molecule has 148 valence electrons. The molecule has 0 saturated carbocycles. The normalized spacial score (nSPS) is 20.3. The van der Waals surface area contributed by atoms with Crippen LogP contribution in [0.2, 0.25) is 0 Å². The Kier molecular flexibility index (Phi) is 4.72. The molecule has 26 heavy (non-hydrogen) atoms. The summed E-state index contributed by atoms with van der Waals surface area (Å²) >= 11 is 0. The van der Waals surface area contributed by atoms with Gasteiger partial charge >= 0.3 is 0 Å². The largest absolute Gasteiger partial charge is 0.485 e. The van der Waals surface area contributed by atoms with Crippen molar-refractivity contribution >= 4 is 0 Å². The molecule has 1 heterocycles. The SMILES string of the molecule is CC(C)(C)C1(C(C)(C)C)Cc2ccccc2OC1(C(C)(C)C)C(C)(C)C. The number of hydrogen-bond donors (Lipinski definition) is 0. The van der Waals surface area contributed by atoms with Crippen molar-refractivity contribution in [2.45, 2.75) is 95.1 Å². The average molecular weight is 359 g/mol. The zero-order chi connectivity index (χ0) is 20.4. The molecule has 0 N–H and O–H groups in total. The Bertz CT molecular complexity index is 566. The van der Waals surface area contributed by atoms with E-state index in [0.29, 0.717) is 0 Å². The summed E-state index contributed by atoms with van der Waals surface area (Å²) < 4.78 is 7.22. The zero-order valence-corrected chi connectivity index (χ0v) is 19.4. The molecule has 1 heteroatoms. The number of benzene rings is 1. The first-order valence-electron chi connectivity index (χ1n) is 10.2. The molecule has 0 atom stereocenters. The zero-order valence-electron chi connectivity index (χ0n) is 19.4. The molecular weight excluding hydrogens is 316 g/mol. The molecule has 0 aliphatic carbocycles. The highest BCUT2D eigenvalue weighted by atomic mass is 16.5. The maximum absolute atomic E-state index is 7.22. The molecule has 1 aromatic carbocycles. The minimum atomic E-state index is -0.322. The van der Waals surface area contributed by atoms with Crippen LogP contribution in [0.5, 0.6) is 5.75 Å². The van der Waals surface area contributed by atoms with Gasteiger partial charge in [0.1, 0.15) is 11.4 Å². The van der Waals surface area contributed by atoms with Gasteiger partial charge in [-0.1, -0.05) is 101 Å². The Labute approximate surface area is 162 Å². The Balaban J connectivity index is 3.06. The lowest BCUT2D eigenvalue weighted by Crippen LogP contribution is -2.76. The lowest BCUT2D eigenvalue weighted by molar-refractivity contribution is -0.280. The molecular formula is C25H42O. The molecule has 0 bridgehead atoms. The average Bonchev–Trinajstić information content (AvgIpc) is 2.40. The smallest absolute Gasteiger partial charge is 0.125 e. The summed E-state index contributed by atoms with van der Waals surface area (Å²) in [6.45, 7) is 28.8. The van der Waals surface area contributed by atoms with Crippen LogP contribution in [0.15, 0.2) is 24.3 Å². The number of hydrogen-bond acceptors (Lipinski definition) is 1. The summed E-state index contributed by atoms with van der Waals surface area (Å²) in [6, 6.07) is 8.68. The van der Waals surface area contributed by atoms with Gasteiger partial charge < -0.3 is 4.74 Å². The van der Waals surface area contributed by atoms with E-state index in [1.807, 2.05) is 0 Å². The first-order valence-corrected chi connectivity index (χ1v) is 10.2. The Hall–Kier alpha value is -0.980. The van der Waals surface area contributed by atoms with Crippen molar-refractivity contribution in [3.8, 4) is 5.75 Å². The van der Waals surface area contributed by atoms with Crippen molar-refractivity contribution in [1.82, 2.24) is 0 Å². The third-order valence-corrected chi connectivity index (χ3v) is 6.97. The first kappa shape index (κ1) is 21.3. The number of ether oxygens (including phenoxy) is 1. The third-order valence-electron chi connectivity index (χ3n) is 6.97. The van der Waals surface area contributed by atoms with Crippen LogP contribution in [0.4, 0.5) is 0 Å². The Morgan fingerprint density at radius 1 is 0.654 bits per heavy atom. The van der Waals surface area contributed by atoms with Gasteiger partial charge in [0.15, 0.2) is 0 Å². The molecule has 0 radical (unpaired) electrons. The topological polar surface area (TPSA) is 9.23 Å². The second-order valence-electron chi connectivity index (χ2n) is 12.5. The van der Waals surface area contributed by atoms with E-state index in [2.05, 4.69) is 107 Å². The minimum Gasteiger partial charge on any atom is -0.485 e. The molecule has 0 aromatic heterocycles. The van der Waals surface area contributed by atoms with E-state index in [4.69, 9.17) is 4.74 Å². The van der Waals surface area contributed by atoms with Gasteiger partial charge in [-0.2, -0.15) is 0 Å². The molecule has 0 spiro atoms. The molecule has 2 rings (SSSR count). The van der Waals surface area contributed by atoms with E-state index in [0.717, 1.165) is 12.2 Å². The van der Waals surface area contributed by atoms with Crippen LogP contribution in [0.25, 0.3) is 0 Å². The summed E-state index contributed by atoms with van der Waals surface area (Å²) in [4.78, 5) is 0. The molecule has 0 unspecified atom stereocenters. The fraction of sp³-hybridized carbons (Fsp3) is 0.760. The van der Waals surface area contributed by atoms with Gasteiger partial charge in [0, 0.05) is 16.2 Å². The van der Waals surface area contributed by atoms with Crippen molar-refractivity contribution in [2.24, 2.45) is 27.1 Å². The second-order valence-corrected chi connectivity index (χ2v) is 12.5. The van der Waals surface area contributed by atoms with Gasteiger partial charge in [-0.25, -0.2) is 0 Å². The van der Waals surface area contributed by atoms with Crippen LogP contribution in [0.3, 0.4) is 0 Å². The van der Waals surface area contributed by atoms with E-state index in [1.165, 1.54) is 5.56 Å². The van der Waals surface area contributed by atoms with Gasteiger partial charge in [0.2, 0.25) is 0 Å². The predicted octanol–water partition coefficient (Wildman–Crippen LogP) is 7.53. The molecule has 1 aliphatic rings. The third kappa shape index (κ3) is 2.64. The van der Waals surface area contributed by atoms with Crippen LogP contribution in [0, 0.1) is 27.1 Å². The van der Waals surface area contributed by atoms with Gasteiger partial charge in [-0.3, -0.25) is 0 Å². The van der Waals surface area contributed by atoms with E-state index in [-0.39, 0.29) is 32.7 Å². The summed E-state index contributed by atoms with van der Waals surface area (Å²) in [5, 5.41) is 0. The maximum atomic E-state index is 7.22. The van der Waals surface area contributed by atoms with Crippen molar-refractivity contribution in [3.63, 3.8) is 0 Å². The van der Waals surface area contributed by atoms with Crippen LogP contribution < -0.4 is 4.74 Å². The summed E-state index contributed by atoms with van der Waals surface area (Å²) in [6.07, 6.45) is 1.05. The van der Waals surface area contributed by atoms with Crippen LogP contribution in [-0.2, 0) is 6.42 Å². The highest BCUT2D eigenvalue weighted by Gasteiger charge is 2.73. The standard InChI is InChI=1S/C25H42O/c1-20(2,3)24(21(4,5)6)17-18-15-13-14-16-19(18)26-25(24,22(7,8)9)23(10,11)12/h13-16H,17H2,1-12H3. The monoisotopic (exact) mass is 358 g/mol. The number of rotatable bonds is 0. The van der Waals surface area contributed by atoms with E-state index in [9.17, 15) is 0 Å². The van der Waals surface area contributed by atoms with Gasteiger partial charge in [-0.05, 0) is 28.9 Å². The molecule has 0 fully saturated rings. The van der Waals surface area contributed by atoms with Crippen LogP contribution in [-0.4, -0.2) is 5.60 Å². The fourth-order valence-corrected chi connectivity index (χ4v) is 6.83. The van der Waals surface area contributed by atoms with Gasteiger partial charge in [-0.15, -0.1) is 0 Å². The van der Waals surface area contributed by atoms with Crippen molar-refractivity contribution < 1.29 is 4.74 Å². The lowest BCUT2D eigenvalue weighted by atomic mass is 9.36. The maximum Gasteiger partial charge on any atom is 0.125 e. The Morgan fingerprint density at radius 2 is 1.08 bits per heavy atom. The van der Waals surface area contributed by atoms with Crippen molar-refractivity contribution in [1.29, 1.82) is 0 Å². The van der Waals surface area contributed by atoms with Crippen molar-refractivity contribution in [2.75, 3.05) is 0 Å². The van der Waals surface area contributed by atoms with E-state index in [1.54, 1.807) is 0 Å². The molecule has 0 saturated heterocycles. The van der Waals surface area contributed by atoms with Crippen molar-refractivity contribution in [3.05, 3.63) is 29.8 Å². The molecule has 1 aromatic rings. The first-order chi connectivity index (χ1) is 11.4. The highest BCUT2D eigenvalue weighted by Crippen LogP contribution is 2.71. The molecule has 1 nitrogen and oxygen atoms in total. The van der Waals surface area contributed by atoms with E-state index < -0.39 is 0 Å². The van der Waals surface area contributed by atoms with Gasteiger partial charge in [0.25, 0.3) is 0 Å². The van der Waals surface area contributed by atoms with Crippen LogP contribution in [0.1, 0.15) is 88.6 Å². The Morgan fingerprint density at radius 3 is 1.46 bits per heavy atom. The molecule has 0 amide bonds. The summed E-state index contributed by atoms with van der Waals surface area (Å²) in [5.41, 5.74) is 1.06. The fourth-order valence-electron chi connectivity index (χ4n) is 6.83. The highest BCUT2D eigenvalue weighted by molar-refractivity contribution is 5.41. The van der Waals surface area contributed by atoms with E-state index >= 15 is 0 Å². The van der Waals surface area contributed by atoms with Gasteiger partial charge in [0.05, 0.1) is 0 Å². The summed E-state index contributed by atoms with van der Waals surface area (Å²) in [7, 11) is 0. The number of fused-ring (bicyclic) bond motifs is 1. The number of para-hydroxylation sites is 1.